The minimum atomic E-state index is -0.371. The standard InChI is InChI=1S/C42H76N4O3/c1-3-5-7-9-11-15-26-42(27-16-12-10-8-6-4-2)38-28-32(22-24-36(38)37-25-23-34(29-39(37)42)44-41(43)48)40(47)45-46-49-30-33-20-17-19-31-18-13-14-21-35(31)33/h31-39,46H,3-30H2,1-2H3,(H,45,47)(H3,43,44,48). The lowest BCUT2D eigenvalue weighted by atomic mass is 9.59. The first-order valence-electron chi connectivity index (χ1n) is 21.7. The Labute approximate surface area is 300 Å². The molecule has 5 saturated carbocycles. The van der Waals surface area contributed by atoms with Gasteiger partial charge in [-0.15, -0.1) is 5.59 Å². The Bertz CT molecular complexity index is 973. The number of primary amides is 1. The molecule has 49 heavy (non-hydrogen) atoms. The predicted octanol–water partition coefficient (Wildman–Crippen LogP) is 10.1. The first-order chi connectivity index (χ1) is 24.0. The highest BCUT2D eigenvalue weighted by Gasteiger charge is 2.61. The summed E-state index contributed by atoms with van der Waals surface area (Å²) in [6.07, 6.45) is 34.5. The van der Waals surface area contributed by atoms with E-state index in [1.165, 1.54) is 148 Å². The van der Waals surface area contributed by atoms with Crippen molar-refractivity contribution in [2.24, 2.45) is 58.5 Å². The van der Waals surface area contributed by atoms with E-state index in [0.29, 0.717) is 30.3 Å². The molecule has 0 aromatic rings. The first kappa shape index (κ1) is 38.9. The van der Waals surface area contributed by atoms with Crippen LogP contribution in [0.1, 0.15) is 187 Å². The molecule has 0 heterocycles. The molecule has 5 rings (SSSR count). The Kier molecular flexibility index (Phi) is 15.9. The van der Waals surface area contributed by atoms with E-state index in [1.807, 2.05) is 0 Å². The molecule has 9 atom stereocenters. The van der Waals surface area contributed by atoms with E-state index < -0.39 is 0 Å². The van der Waals surface area contributed by atoms with E-state index in [9.17, 15) is 9.59 Å². The van der Waals surface area contributed by atoms with E-state index in [2.05, 4.69) is 30.2 Å². The highest BCUT2D eigenvalue weighted by atomic mass is 16.7. The lowest BCUT2D eigenvalue weighted by Gasteiger charge is -2.46. The van der Waals surface area contributed by atoms with Gasteiger partial charge >= 0.3 is 6.03 Å². The van der Waals surface area contributed by atoms with Crippen LogP contribution in [0.3, 0.4) is 0 Å². The molecule has 0 bridgehead atoms. The number of fused-ring (bicyclic) bond motifs is 4. The molecule has 9 unspecified atom stereocenters. The number of hydrogen-bond acceptors (Lipinski definition) is 4. The normalized spacial score (nSPS) is 33.6. The Balaban J connectivity index is 1.24. The smallest absolute Gasteiger partial charge is 0.312 e. The minimum Gasteiger partial charge on any atom is -0.352 e. The summed E-state index contributed by atoms with van der Waals surface area (Å²) in [5.74, 6) is 5.16. The molecule has 5 fully saturated rings. The summed E-state index contributed by atoms with van der Waals surface area (Å²) >= 11 is 0. The van der Waals surface area contributed by atoms with Gasteiger partial charge in [-0.25, -0.2) is 4.79 Å². The monoisotopic (exact) mass is 685 g/mol. The van der Waals surface area contributed by atoms with Crippen LogP contribution in [0.25, 0.3) is 0 Å². The number of nitrogens with two attached hydrogens (primary N) is 1. The average Bonchev–Trinajstić information content (AvgIpc) is 3.37. The highest BCUT2D eigenvalue weighted by molar-refractivity contribution is 5.78. The molecular weight excluding hydrogens is 608 g/mol. The molecule has 282 valence electrons. The van der Waals surface area contributed by atoms with Crippen LogP contribution in [0.4, 0.5) is 4.79 Å². The summed E-state index contributed by atoms with van der Waals surface area (Å²) in [6.45, 7) is 5.31. The fraction of sp³-hybridized carbons (Fsp3) is 0.952. The second-order valence-corrected chi connectivity index (χ2v) is 17.6. The average molecular weight is 685 g/mol. The van der Waals surface area contributed by atoms with Gasteiger partial charge in [0.2, 0.25) is 5.91 Å². The third kappa shape index (κ3) is 10.4. The molecule has 7 heteroatoms. The van der Waals surface area contributed by atoms with Crippen LogP contribution >= 0.6 is 0 Å². The van der Waals surface area contributed by atoms with E-state index in [0.717, 1.165) is 43.4 Å². The second kappa shape index (κ2) is 20.0. The summed E-state index contributed by atoms with van der Waals surface area (Å²) < 4.78 is 0. The maximum Gasteiger partial charge on any atom is 0.312 e. The number of amides is 3. The highest BCUT2D eigenvalue weighted by Crippen LogP contribution is 2.67. The number of urea groups is 1. The fourth-order valence-corrected chi connectivity index (χ4v) is 12.5. The van der Waals surface area contributed by atoms with E-state index in [4.69, 9.17) is 10.6 Å². The topological polar surface area (TPSA) is 105 Å². The van der Waals surface area contributed by atoms with E-state index in [-0.39, 0.29) is 29.3 Å². The molecule has 5 aliphatic rings. The zero-order chi connectivity index (χ0) is 34.5. The molecule has 3 amide bonds. The van der Waals surface area contributed by atoms with Gasteiger partial charge in [0.25, 0.3) is 0 Å². The van der Waals surface area contributed by atoms with Gasteiger partial charge in [-0.1, -0.05) is 123 Å². The number of nitrogens with one attached hydrogen (secondary N) is 3. The third-order valence-corrected chi connectivity index (χ3v) is 14.8. The van der Waals surface area contributed by atoms with Crippen molar-refractivity contribution in [1.82, 2.24) is 16.3 Å². The van der Waals surface area contributed by atoms with Crippen LogP contribution in [0.15, 0.2) is 0 Å². The molecule has 7 nitrogen and oxygen atoms in total. The van der Waals surface area contributed by atoms with Crippen LogP contribution in [0.5, 0.6) is 0 Å². The van der Waals surface area contributed by atoms with Crippen molar-refractivity contribution in [3.63, 3.8) is 0 Å². The van der Waals surface area contributed by atoms with Gasteiger partial charge in [-0.2, -0.15) is 0 Å². The maximum absolute atomic E-state index is 13.8. The number of hydrogen-bond donors (Lipinski definition) is 4. The number of rotatable bonds is 20. The van der Waals surface area contributed by atoms with Crippen molar-refractivity contribution < 1.29 is 14.4 Å². The van der Waals surface area contributed by atoms with Gasteiger partial charge in [-0.3, -0.25) is 15.1 Å². The van der Waals surface area contributed by atoms with Gasteiger partial charge in [0, 0.05) is 12.0 Å². The predicted molar refractivity (Wildman–Crippen MR) is 200 cm³/mol. The molecule has 0 saturated heterocycles. The first-order valence-corrected chi connectivity index (χ1v) is 21.7. The largest absolute Gasteiger partial charge is 0.352 e. The van der Waals surface area contributed by atoms with Crippen molar-refractivity contribution in [2.45, 2.75) is 193 Å². The summed E-state index contributed by atoms with van der Waals surface area (Å²) in [5.41, 5.74) is 11.9. The Morgan fingerprint density at radius 3 is 1.98 bits per heavy atom. The van der Waals surface area contributed by atoms with Gasteiger partial charge in [-0.05, 0) is 111 Å². The van der Waals surface area contributed by atoms with E-state index >= 15 is 0 Å². The van der Waals surface area contributed by atoms with Crippen LogP contribution in [-0.4, -0.2) is 24.6 Å². The van der Waals surface area contributed by atoms with E-state index in [1.54, 1.807) is 0 Å². The Morgan fingerprint density at radius 1 is 0.673 bits per heavy atom. The lowest BCUT2D eigenvalue weighted by Crippen LogP contribution is -2.46. The number of unbranched alkanes of at least 4 members (excludes halogenated alkanes) is 10. The number of carbonyl (C=O) groups is 2. The van der Waals surface area contributed by atoms with Crippen LogP contribution in [0.2, 0.25) is 0 Å². The summed E-state index contributed by atoms with van der Waals surface area (Å²) in [6, 6.07) is -0.175. The summed E-state index contributed by atoms with van der Waals surface area (Å²) in [4.78, 5) is 31.8. The number of hydrazine groups is 1. The SMILES string of the molecule is CCCCCCCCC1(CCCCCCCC)C2CC(NC(N)=O)CCC2C2CCC(C(=O)NNOCC3CCCC4CCCCC43)CC21. The molecule has 0 aromatic heterocycles. The van der Waals surface area contributed by atoms with Gasteiger partial charge in [0.1, 0.15) is 0 Å². The molecule has 0 radical (unpaired) electrons. The van der Waals surface area contributed by atoms with Gasteiger partial charge in [0.15, 0.2) is 0 Å². The second-order valence-electron chi connectivity index (χ2n) is 17.6. The Hall–Kier alpha value is -1.34. The zero-order valence-corrected chi connectivity index (χ0v) is 31.8. The molecule has 0 aromatic carbocycles. The van der Waals surface area contributed by atoms with Crippen molar-refractivity contribution in [1.29, 1.82) is 0 Å². The molecule has 0 spiro atoms. The van der Waals surface area contributed by atoms with Crippen molar-refractivity contribution >= 4 is 11.9 Å². The van der Waals surface area contributed by atoms with Crippen molar-refractivity contribution in [3.05, 3.63) is 0 Å². The zero-order valence-electron chi connectivity index (χ0n) is 31.8. The molecular formula is C42H76N4O3. The summed E-state index contributed by atoms with van der Waals surface area (Å²) in [5, 5.41) is 3.14. The van der Waals surface area contributed by atoms with Gasteiger partial charge < -0.3 is 11.1 Å². The lowest BCUT2D eigenvalue weighted by molar-refractivity contribution is -0.135. The molecule has 5 N–H and O–H groups in total. The molecule has 0 aliphatic heterocycles. The minimum absolute atomic E-state index is 0.0444. The van der Waals surface area contributed by atoms with Crippen LogP contribution < -0.4 is 22.1 Å². The maximum atomic E-state index is 13.8. The van der Waals surface area contributed by atoms with Crippen molar-refractivity contribution in [2.75, 3.05) is 6.61 Å². The fourth-order valence-electron chi connectivity index (χ4n) is 12.5. The summed E-state index contributed by atoms with van der Waals surface area (Å²) in [7, 11) is 0. The number of carbonyl (C=O) groups excluding carboxylic acids is 2. The van der Waals surface area contributed by atoms with Crippen molar-refractivity contribution in [3.8, 4) is 0 Å². The quantitative estimate of drug-likeness (QED) is 0.0757. The Morgan fingerprint density at radius 2 is 1.29 bits per heavy atom. The molecule has 5 aliphatic carbocycles. The third-order valence-electron chi connectivity index (χ3n) is 14.8. The van der Waals surface area contributed by atoms with Crippen LogP contribution in [-0.2, 0) is 9.63 Å². The van der Waals surface area contributed by atoms with Crippen LogP contribution in [0, 0.1) is 52.8 Å². The van der Waals surface area contributed by atoms with Gasteiger partial charge in [0.05, 0.1) is 6.61 Å².